The number of carbonyl (C=O) groups excluding carboxylic acids is 2. The first kappa shape index (κ1) is 23.3. The average molecular weight is 437 g/mol. The molecule has 0 aliphatic heterocycles. The maximum atomic E-state index is 13.3. The predicted octanol–water partition coefficient (Wildman–Crippen LogP) is 5.06. The van der Waals surface area contributed by atoms with Gasteiger partial charge in [-0.3, -0.25) is 9.59 Å². The summed E-state index contributed by atoms with van der Waals surface area (Å²) in [7, 11) is 0. The Kier molecular flexibility index (Phi) is 8.20. The van der Waals surface area contributed by atoms with E-state index in [-0.39, 0.29) is 30.7 Å². The zero-order valence-electron chi connectivity index (χ0n) is 18.6. The fourth-order valence-corrected chi connectivity index (χ4v) is 3.48. The van der Waals surface area contributed by atoms with Crippen molar-refractivity contribution >= 4 is 11.8 Å². The lowest BCUT2D eigenvalue weighted by molar-refractivity contribution is -0.133. The number of nitrogens with zero attached hydrogens (tertiary/aromatic N) is 2. The van der Waals surface area contributed by atoms with E-state index in [1.54, 1.807) is 40.3 Å². The molecule has 168 valence electrons. The molecule has 0 bridgehead atoms. The standard InChI is InChI=1S/C26H29FN2O3/c1-3-15-28(26(31)22-11-7-20(4-2)8-12-22)19-25(30)29(18-24-6-5-16-32-24)17-21-9-13-23(27)14-10-21/h5-14,16H,3-4,15,17-19H2,1-2H3. The lowest BCUT2D eigenvalue weighted by Crippen LogP contribution is -2.42. The average Bonchev–Trinajstić information content (AvgIpc) is 3.32. The predicted molar refractivity (Wildman–Crippen MR) is 121 cm³/mol. The van der Waals surface area contributed by atoms with E-state index in [4.69, 9.17) is 4.42 Å². The molecule has 0 fully saturated rings. The Morgan fingerprint density at radius 1 is 0.875 bits per heavy atom. The van der Waals surface area contributed by atoms with Crippen LogP contribution in [0.5, 0.6) is 0 Å². The normalized spacial score (nSPS) is 10.7. The van der Waals surface area contributed by atoms with Crippen LogP contribution in [0.25, 0.3) is 0 Å². The van der Waals surface area contributed by atoms with Crippen molar-refractivity contribution in [1.29, 1.82) is 0 Å². The Labute approximate surface area is 188 Å². The Hall–Kier alpha value is -3.41. The summed E-state index contributed by atoms with van der Waals surface area (Å²) in [6.45, 7) is 5.04. The van der Waals surface area contributed by atoms with Crippen LogP contribution in [0.2, 0.25) is 0 Å². The van der Waals surface area contributed by atoms with E-state index in [1.165, 1.54) is 12.1 Å². The van der Waals surface area contributed by atoms with E-state index in [9.17, 15) is 14.0 Å². The number of benzene rings is 2. The van der Waals surface area contributed by atoms with Crippen molar-refractivity contribution in [3.63, 3.8) is 0 Å². The zero-order chi connectivity index (χ0) is 22.9. The van der Waals surface area contributed by atoms with Crippen molar-refractivity contribution in [2.45, 2.75) is 39.8 Å². The van der Waals surface area contributed by atoms with E-state index in [0.29, 0.717) is 24.4 Å². The number of aryl methyl sites for hydroxylation is 1. The Bertz CT molecular complexity index is 999. The molecule has 32 heavy (non-hydrogen) atoms. The van der Waals surface area contributed by atoms with Gasteiger partial charge in [-0.1, -0.05) is 38.1 Å². The molecule has 1 aromatic heterocycles. The molecule has 3 rings (SSSR count). The van der Waals surface area contributed by atoms with Gasteiger partial charge in [0, 0.05) is 18.7 Å². The third kappa shape index (κ3) is 6.30. The van der Waals surface area contributed by atoms with Crippen LogP contribution in [0.15, 0.2) is 71.3 Å². The van der Waals surface area contributed by atoms with Crippen LogP contribution >= 0.6 is 0 Å². The maximum absolute atomic E-state index is 13.3. The number of hydrogen-bond acceptors (Lipinski definition) is 3. The van der Waals surface area contributed by atoms with E-state index in [1.807, 2.05) is 31.2 Å². The molecule has 1 heterocycles. The van der Waals surface area contributed by atoms with E-state index < -0.39 is 0 Å². The van der Waals surface area contributed by atoms with Crippen molar-refractivity contribution in [2.75, 3.05) is 13.1 Å². The topological polar surface area (TPSA) is 53.8 Å². The molecular formula is C26H29FN2O3. The first-order chi connectivity index (χ1) is 15.5. The molecule has 5 nitrogen and oxygen atoms in total. The maximum Gasteiger partial charge on any atom is 0.254 e. The summed E-state index contributed by atoms with van der Waals surface area (Å²) in [5.74, 6) is -0.0456. The third-order valence-corrected chi connectivity index (χ3v) is 5.28. The number of halogens is 1. The quantitative estimate of drug-likeness (QED) is 0.446. The number of amides is 2. The fraction of sp³-hybridized carbons (Fsp3) is 0.308. The first-order valence-corrected chi connectivity index (χ1v) is 10.9. The van der Waals surface area contributed by atoms with Gasteiger partial charge in [0.1, 0.15) is 18.1 Å². The highest BCUT2D eigenvalue weighted by Gasteiger charge is 2.23. The number of furan rings is 1. The van der Waals surface area contributed by atoms with Crippen molar-refractivity contribution in [1.82, 2.24) is 9.80 Å². The van der Waals surface area contributed by atoms with Gasteiger partial charge in [0.05, 0.1) is 12.8 Å². The lowest BCUT2D eigenvalue weighted by atomic mass is 10.1. The molecular weight excluding hydrogens is 407 g/mol. The summed E-state index contributed by atoms with van der Waals surface area (Å²) in [4.78, 5) is 29.6. The van der Waals surface area contributed by atoms with Crippen LogP contribution in [-0.4, -0.2) is 34.7 Å². The molecule has 0 radical (unpaired) electrons. The molecule has 0 aliphatic carbocycles. The summed E-state index contributed by atoms with van der Waals surface area (Å²) in [6.07, 6.45) is 3.20. The largest absolute Gasteiger partial charge is 0.467 e. The minimum absolute atomic E-state index is 0.0376. The highest BCUT2D eigenvalue weighted by molar-refractivity contribution is 5.96. The Morgan fingerprint density at radius 3 is 2.16 bits per heavy atom. The summed E-state index contributed by atoms with van der Waals surface area (Å²) < 4.78 is 18.7. The molecule has 0 atom stereocenters. The molecule has 2 aromatic carbocycles. The van der Waals surface area contributed by atoms with E-state index in [2.05, 4.69) is 6.92 Å². The molecule has 6 heteroatoms. The van der Waals surface area contributed by atoms with E-state index in [0.717, 1.165) is 24.0 Å². The van der Waals surface area contributed by atoms with E-state index >= 15 is 0 Å². The minimum atomic E-state index is -0.327. The number of rotatable bonds is 10. The van der Waals surface area contributed by atoms with Crippen LogP contribution in [0.4, 0.5) is 4.39 Å². The molecule has 0 saturated carbocycles. The van der Waals surface area contributed by atoms with Crippen molar-refractivity contribution in [3.05, 3.63) is 95.2 Å². The second-order valence-corrected chi connectivity index (χ2v) is 7.73. The second kappa shape index (κ2) is 11.3. The highest BCUT2D eigenvalue weighted by atomic mass is 19.1. The monoisotopic (exact) mass is 436 g/mol. The van der Waals surface area contributed by atoms with Crippen molar-refractivity contribution in [3.8, 4) is 0 Å². The molecule has 0 spiro atoms. The fourth-order valence-electron chi connectivity index (χ4n) is 3.48. The van der Waals surface area contributed by atoms with Crippen LogP contribution in [-0.2, 0) is 24.3 Å². The van der Waals surface area contributed by atoms with Crippen LogP contribution in [0, 0.1) is 5.82 Å². The van der Waals surface area contributed by atoms with Gasteiger partial charge in [-0.15, -0.1) is 0 Å². The molecule has 0 N–H and O–H groups in total. The van der Waals surface area contributed by atoms with Gasteiger partial charge in [-0.05, 0) is 60.4 Å². The minimum Gasteiger partial charge on any atom is -0.467 e. The highest BCUT2D eigenvalue weighted by Crippen LogP contribution is 2.14. The molecule has 2 amide bonds. The van der Waals surface area contributed by atoms with Crippen LogP contribution < -0.4 is 0 Å². The number of hydrogen-bond donors (Lipinski definition) is 0. The first-order valence-electron chi connectivity index (χ1n) is 10.9. The molecule has 0 aliphatic rings. The molecule has 3 aromatic rings. The zero-order valence-corrected chi connectivity index (χ0v) is 18.6. The Morgan fingerprint density at radius 2 is 1.56 bits per heavy atom. The summed E-state index contributed by atoms with van der Waals surface area (Å²) >= 11 is 0. The SMILES string of the molecule is CCCN(CC(=O)N(Cc1ccc(F)cc1)Cc1ccco1)C(=O)c1ccc(CC)cc1. The van der Waals surface area contributed by atoms with Gasteiger partial charge in [0.15, 0.2) is 0 Å². The van der Waals surface area contributed by atoms with Crippen LogP contribution in [0.3, 0.4) is 0 Å². The van der Waals surface area contributed by atoms with Gasteiger partial charge in [0.25, 0.3) is 5.91 Å². The van der Waals surface area contributed by atoms with Crippen molar-refractivity contribution < 1.29 is 18.4 Å². The smallest absolute Gasteiger partial charge is 0.254 e. The molecule has 0 saturated heterocycles. The summed E-state index contributed by atoms with van der Waals surface area (Å²) in [5.41, 5.74) is 2.53. The summed E-state index contributed by atoms with van der Waals surface area (Å²) in [6, 6.07) is 17.1. The lowest BCUT2D eigenvalue weighted by Gasteiger charge is -2.27. The Balaban J connectivity index is 1.77. The van der Waals surface area contributed by atoms with Crippen LogP contribution in [0.1, 0.15) is 47.5 Å². The third-order valence-electron chi connectivity index (χ3n) is 5.28. The van der Waals surface area contributed by atoms with Gasteiger partial charge < -0.3 is 14.2 Å². The van der Waals surface area contributed by atoms with Gasteiger partial charge in [-0.2, -0.15) is 0 Å². The van der Waals surface area contributed by atoms with Gasteiger partial charge in [0.2, 0.25) is 5.91 Å². The van der Waals surface area contributed by atoms with Gasteiger partial charge >= 0.3 is 0 Å². The molecule has 0 unspecified atom stereocenters. The summed E-state index contributed by atoms with van der Waals surface area (Å²) in [5, 5.41) is 0. The van der Waals surface area contributed by atoms with Crippen molar-refractivity contribution in [2.24, 2.45) is 0 Å². The number of carbonyl (C=O) groups is 2. The van der Waals surface area contributed by atoms with Gasteiger partial charge in [-0.25, -0.2) is 4.39 Å². The second-order valence-electron chi connectivity index (χ2n) is 7.73.